The number of rotatable bonds is 4. The number of nitrogens with one attached hydrogen (secondary N) is 1. The van der Waals surface area contributed by atoms with Crippen LogP contribution in [0.3, 0.4) is 0 Å². The van der Waals surface area contributed by atoms with E-state index in [-0.39, 0.29) is 12.5 Å². The molecule has 4 heteroatoms. The number of aliphatic hydroxyl groups excluding tert-OH is 1. The van der Waals surface area contributed by atoms with Crippen molar-refractivity contribution in [2.24, 2.45) is 0 Å². The monoisotopic (exact) mass is 282 g/mol. The van der Waals surface area contributed by atoms with Crippen molar-refractivity contribution in [1.29, 1.82) is 0 Å². The molecule has 0 radical (unpaired) electrons. The van der Waals surface area contributed by atoms with Gasteiger partial charge in [0.05, 0.1) is 18.5 Å². The zero-order chi connectivity index (χ0) is 15.2. The van der Waals surface area contributed by atoms with Gasteiger partial charge in [-0.05, 0) is 37.1 Å². The SMILES string of the molecule is Cc1ccc(/C=C/C(=O)Nc2cnccc2CO)c(C)c1. The molecule has 2 N–H and O–H groups in total. The maximum absolute atomic E-state index is 11.9. The number of benzene rings is 1. The Bertz CT molecular complexity index is 678. The third-order valence-electron chi connectivity index (χ3n) is 3.18. The second kappa shape index (κ2) is 6.81. The molecule has 2 rings (SSSR count). The average Bonchev–Trinajstić information content (AvgIpc) is 2.47. The zero-order valence-electron chi connectivity index (χ0n) is 12.1. The fourth-order valence-electron chi connectivity index (χ4n) is 2.03. The Hall–Kier alpha value is -2.46. The van der Waals surface area contributed by atoms with Crippen LogP contribution in [0.5, 0.6) is 0 Å². The molecule has 1 amide bonds. The van der Waals surface area contributed by atoms with Gasteiger partial charge in [-0.25, -0.2) is 0 Å². The number of carbonyl (C=O) groups excluding carboxylic acids is 1. The van der Waals surface area contributed by atoms with Crippen LogP contribution in [0.25, 0.3) is 6.08 Å². The lowest BCUT2D eigenvalue weighted by atomic mass is 10.1. The summed E-state index contributed by atoms with van der Waals surface area (Å²) >= 11 is 0. The number of hydrogen-bond donors (Lipinski definition) is 2. The normalized spacial score (nSPS) is 10.8. The number of amides is 1. The van der Waals surface area contributed by atoms with Gasteiger partial charge in [0.25, 0.3) is 0 Å². The molecule has 21 heavy (non-hydrogen) atoms. The maximum Gasteiger partial charge on any atom is 0.248 e. The van der Waals surface area contributed by atoms with E-state index in [0.717, 1.165) is 11.1 Å². The number of hydrogen-bond acceptors (Lipinski definition) is 3. The van der Waals surface area contributed by atoms with Gasteiger partial charge < -0.3 is 10.4 Å². The molecule has 4 nitrogen and oxygen atoms in total. The Kier molecular flexibility index (Phi) is 4.85. The number of aliphatic hydroxyl groups is 1. The molecule has 0 saturated heterocycles. The molecule has 0 aliphatic carbocycles. The second-order valence-corrected chi connectivity index (χ2v) is 4.87. The average molecular weight is 282 g/mol. The van der Waals surface area contributed by atoms with Crippen LogP contribution >= 0.6 is 0 Å². The first-order valence-electron chi connectivity index (χ1n) is 6.70. The van der Waals surface area contributed by atoms with Crippen LogP contribution in [0.4, 0.5) is 5.69 Å². The van der Waals surface area contributed by atoms with E-state index in [1.807, 2.05) is 26.0 Å². The van der Waals surface area contributed by atoms with Crippen molar-refractivity contribution in [3.05, 3.63) is 65.0 Å². The Balaban J connectivity index is 2.09. The highest BCUT2D eigenvalue weighted by atomic mass is 16.3. The molecule has 2 aromatic rings. The summed E-state index contributed by atoms with van der Waals surface area (Å²) in [5.74, 6) is -0.252. The van der Waals surface area contributed by atoms with Crippen molar-refractivity contribution in [3.63, 3.8) is 0 Å². The minimum atomic E-state index is -0.252. The zero-order valence-corrected chi connectivity index (χ0v) is 12.1. The van der Waals surface area contributed by atoms with Crippen LogP contribution in [0.2, 0.25) is 0 Å². The van der Waals surface area contributed by atoms with Gasteiger partial charge in [-0.1, -0.05) is 23.8 Å². The number of aromatic nitrogens is 1. The molecule has 108 valence electrons. The van der Waals surface area contributed by atoms with Crippen LogP contribution in [-0.2, 0) is 11.4 Å². The Labute approximate surface area is 124 Å². The van der Waals surface area contributed by atoms with Crippen molar-refractivity contribution >= 4 is 17.7 Å². The van der Waals surface area contributed by atoms with Gasteiger partial charge in [0.2, 0.25) is 5.91 Å². The van der Waals surface area contributed by atoms with E-state index in [0.29, 0.717) is 11.3 Å². The van der Waals surface area contributed by atoms with E-state index in [2.05, 4.69) is 16.4 Å². The molecule has 0 bridgehead atoms. The highest BCUT2D eigenvalue weighted by Crippen LogP contribution is 2.14. The van der Waals surface area contributed by atoms with Gasteiger partial charge in [0.15, 0.2) is 0 Å². The minimum Gasteiger partial charge on any atom is -0.392 e. The molecule has 0 saturated carbocycles. The molecule has 0 atom stereocenters. The van der Waals surface area contributed by atoms with E-state index >= 15 is 0 Å². The minimum absolute atomic E-state index is 0.140. The van der Waals surface area contributed by atoms with Gasteiger partial charge in [-0.2, -0.15) is 0 Å². The fourth-order valence-corrected chi connectivity index (χ4v) is 2.03. The van der Waals surface area contributed by atoms with Crippen LogP contribution in [-0.4, -0.2) is 16.0 Å². The number of aryl methyl sites for hydroxylation is 2. The molecule has 1 aromatic heterocycles. The van der Waals surface area contributed by atoms with Gasteiger partial charge in [0.1, 0.15) is 0 Å². The fraction of sp³-hybridized carbons (Fsp3) is 0.176. The van der Waals surface area contributed by atoms with E-state index in [9.17, 15) is 9.90 Å². The highest BCUT2D eigenvalue weighted by Gasteiger charge is 2.04. The number of anilines is 1. The summed E-state index contributed by atoms with van der Waals surface area (Å²) in [5.41, 5.74) is 4.48. The summed E-state index contributed by atoms with van der Waals surface area (Å²) in [4.78, 5) is 15.9. The molecule has 0 fully saturated rings. The summed E-state index contributed by atoms with van der Waals surface area (Å²) in [5, 5.41) is 11.9. The predicted molar refractivity (Wildman–Crippen MR) is 83.7 cm³/mol. The lowest BCUT2D eigenvalue weighted by Crippen LogP contribution is -2.10. The first-order valence-corrected chi connectivity index (χ1v) is 6.70. The van der Waals surface area contributed by atoms with Crippen molar-refractivity contribution in [1.82, 2.24) is 4.98 Å². The van der Waals surface area contributed by atoms with Crippen LogP contribution in [0.1, 0.15) is 22.3 Å². The van der Waals surface area contributed by atoms with Gasteiger partial charge >= 0.3 is 0 Å². The van der Waals surface area contributed by atoms with Gasteiger partial charge in [-0.15, -0.1) is 0 Å². The Morgan fingerprint density at radius 1 is 1.33 bits per heavy atom. The topological polar surface area (TPSA) is 62.2 Å². The van der Waals surface area contributed by atoms with E-state index in [1.54, 1.807) is 18.3 Å². The molecular weight excluding hydrogens is 264 g/mol. The van der Waals surface area contributed by atoms with E-state index in [4.69, 9.17) is 0 Å². The van der Waals surface area contributed by atoms with Crippen molar-refractivity contribution in [2.45, 2.75) is 20.5 Å². The summed E-state index contributed by atoms with van der Waals surface area (Å²) in [6, 6.07) is 7.74. The molecule has 0 spiro atoms. The number of pyridine rings is 1. The smallest absolute Gasteiger partial charge is 0.248 e. The lowest BCUT2D eigenvalue weighted by molar-refractivity contribution is -0.111. The molecule has 1 aromatic carbocycles. The van der Waals surface area contributed by atoms with Crippen LogP contribution in [0, 0.1) is 13.8 Å². The Morgan fingerprint density at radius 2 is 2.14 bits per heavy atom. The molecule has 0 unspecified atom stereocenters. The lowest BCUT2D eigenvalue weighted by Gasteiger charge is -2.06. The first kappa shape index (κ1) is 14.9. The Morgan fingerprint density at radius 3 is 2.86 bits per heavy atom. The van der Waals surface area contributed by atoms with E-state index in [1.165, 1.54) is 17.8 Å². The summed E-state index contributed by atoms with van der Waals surface area (Å²) in [6.07, 6.45) is 6.35. The predicted octanol–water partition coefficient (Wildman–Crippen LogP) is 2.84. The highest BCUT2D eigenvalue weighted by molar-refractivity contribution is 6.02. The molecule has 0 aliphatic heterocycles. The number of nitrogens with zero attached hydrogens (tertiary/aromatic N) is 1. The largest absolute Gasteiger partial charge is 0.392 e. The van der Waals surface area contributed by atoms with Crippen LogP contribution in [0.15, 0.2) is 42.7 Å². The summed E-state index contributed by atoms with van der Waals surface area (Å²) < 4.78 is 0. The third kappa shape index (κ3) is 4.00. The number of carbonyl (C=O) groups is 1. The summed E-state index contributed by atoms with van der Waals surface area (Å²) in [7, 11) is 0. The second-order valence-electron chi connectivity index (χ2n) is 4.87. The van der Waals surface area contributed by atoms with E-state index < -0.39 is 0 Å². The van der Waals surface area contributed by atoms with Crippen molar-refractivity contribution < 1.29 is 9.90 Å². The third-order valence-corrected chi connectivity index (χ3v) is 3.18. The van der Waals surface area contributed by atoms with Crippen molar-refractivity contribution in [3.8, 4) is 0 Å². The van der Waals surface area contributed by atoms with Gasteiger partial charge in [0, 0.05) is 17.8 Å². The van der Waals surface area contributed by atoms with Gasteiger partial charge in [-0.3, -0.25) is 9.78 Å². The molecule has 0 aliphatic rings. The summed E-state index contributed by atoms with van der Waals surface area (Å²) in [6.45, 7) is 3.90. The van der Waals surface area contributed by atoms with Crippen LogP contribution < -0.4 is 5.32 Å². The first-order chi connectivity index (χ1) is 10.1. The van der Waals surface area contributed by atoms with Crippen molar-refractivity contribution in [2.75, 3.05) is 5.32 Å². The standard InChI is InChI=1S/C17H18N2O2/c1-12-3-4-14(13(2)9-12)5-6-17(21)19-16-10-18-8-7-15(16)11-20/h3-10,20H,11H2,1-2H3,(H,19,21)/b6-5+. The maximum atomic E-state index is 11.9. The molecule has 1 heterocycles. The quantitative estimate of drug-likeness (QED) is 0.848. The molecular formula is C17H18N2O2.